The molecule has 0 bridgehead atoms. The van der Waals surface area contributed by atoms with Gasteiger partial charge in [0.15, 0.2) is 0 Å². The van der Waals surface area contributed by atoms with E-state index in [1.165, 1.54) is 0 Å². The highest BCUT2D eigenvalue weighted by Gasteiger charge is 1.96. The van der Waals surface area contributed by atoms with Crippen LogP contribution in [0.2, 0.25) is 5.02 Å². The van der Waals surface area contributed by atoms with Gasteiger partial charge in [-0.25, -0.2) is 0 Å². The average molecular weight is 234 g/mol. The van der Waals surface area contributed by atoms with Crippen molar-refractivity contribution in [2.45, 2.75) is 6.54 Å². The molecule has 16 heavy (non-hydrogen) atoms. The third-order valence-electron chi connectivity index (χ3n) is 2.16. The Bertz CT molecular complexity index is 468. The molecule has 3 nitrogen and oxygen atoms in total. The summed E-state index contributed by atoms with van der Waals surface area (Å²) in [6.45, 7) is 0.646. The van der Waals surface area contributed by atoms with Crippen LogP contribution in [0, 0.1) is 0 Å². The number of pyridine rings is 1. The molecule has 2 aromatic rings. The van der Waals surface area contributed by atoms with E-state index >= 15 is 0 Å². The van der Waals surface area contributed by atoms with Crippen LogP contribution in [0.3, 0.4) is 0 Å². The summed E-state index contributed by atoms with van der Waals surface area (Å²) in [5.41, 5.74) is 8.31. The second kappa shape index (κ2) is 4.86. The highest BCUT2D eigenvalue weighted by molar-refractivity contribution is 6.30. The fraction of sp³-hybridized carbons (Fsp3) is 0.0833. The fourth-order valence-electron chi connectivity index (χ4n) is 1.35. The maximum Gasteiger partial charge on any atom is 0.0615 e. The SMILES string of the molecule is Nc1ccnc(CNc2ccc(Cl)cc2)c1. The predicted molar refractivity (Wildman–Crippen MR) is 67.4 cm³/mol. The largest absolute Gasteiger partial charge is 0.399 e. The molecule has 0 aliphatic heterocycles. The van der Waals surface area contributed by atoms with Crippen molar-refractivity contribution < 1.29 is 0 Å². The first-order valence-corrected chi connectivity index (χ1v) is 5.32. The van der Waals surface area contributed by atoms with Gasteiger partial charge in [0.25, 0.3) is 0 Å². The lowest BCUT2D eigenvalue weighted by atomic mass is 10.3. The van der Waals surface area contributed by atoms with Crippen LogP contribution in [-0.2, 0) is 6.54 Å². The van der Waals surface area contributed by atoms with Crippen molar-refractivity contribution in [3.05, 3.63) is 53.3 Å². The van der Waals surface area contributed by atoms with Gasteiger partial charge in [-0.2, -0.15) is 0 Å². The molecule has 0 spiro atoms. The summed E-state index contributed by atoms with van der Waals surface area (Å²) in [5, 5.41) is 3.97. The molecule has 0 fully saturated rings. The van der Waals surface area contributed by atoms with Gasteiger partial charge in [-0.3, -0.25) is 4.98 Å². The van der Waals surface area contributed by atoms with Crippen LogP contribution in [0.1, 0.15) is 5.69 Å². The van der Waals surface area contributed by atoms with Crippen molar-refractivity contribution in [3.63, 3.8) is 0 Å². The summed E-state index contributed by atoms with van der Waals surface area (Å²) in [7, 11) is 0. The van der Waals surface area contributed by atoms with Crippen LogP contribution in [0.5, 0.6) is 0 Å². The molecule has 2 rings (SSSR count). The Kier molecular flexibility index (Phi) is 3.27. The molecule has 0 saturated heterocycles. The van der Waals surface area contributed by atoms with E-state index < -0.39 is 0 Å². The summed E-state index contributed by atoms with van der Waals surface area (Å²) in [5.74, 6) is 0. The highest BCUT2D eigenvalue weighted by atomic mass is 35.5. The maximum atomic E-state index is 5.79. The van der Waals surface area contributed by atoms with Gasteiger partial charge >= 0.3 is 0 Å². The third kappa shape index (κ3) is 2.87. The van der Waals surface area contributed by atoms with Crippen molar-refractivity contribution in [1.29, 1.82) is 0 Å². The number of nitrogens with zero attached hydrogens (tertiary/aromatic N) is 1. The molecule has 3 N–H and O–H groups in total. The summed E-state index contributed by atoms with van der Waals surface area (Å²) in [4.78, 5) is 4.20. The zero-order chi connectivity index (χ0) is 11.4. The van der Waals surface area contributed by atoms with Crippen molar-refractivity contribution >= 4 is 23.0 Å². The minimum absolute atomic E-state index is 0.646. The summed E-state index contributed by atoms with van der Waals surface area (Å²) in [6.07, 6.45) is 1.70. The number of nitrogens with two attached hydrogens (primary N) is 1. The predicted octanol–water partition coefficient (Wildman–Crippen LogP) is 2.93. The van der Waals surface area contributed by atoms with Gasteiger partial charge < -0.3 is 11.1 Å². The van der Waals surface area contributed by atoms with E-state index in [9.17, 15) is 0 Å². The van der Waals surface area contributed by atoms with Gasteiger partial charge in [0.1, 0.15) is 0 Å². The molecule has 82 valence electrons. The van der Waals surface area contributed by atoms with Gasteiger partial charge in [-0.05, 0) is 36.4 Å². The molecule has 0 aliphatic rings. The third-order valence-corrected chi connectivity index (χ3v) is 2.41. The lowest BCUT2D eigenvalue weighted by Crippen LogP contribution is -2.02. The van der Waals surface area contributed by atoms with E-state index in [2.05, 4.69) is 10.3 Å². The molecular weight excluding hydrogens is 222 g/mol. The molecular formula is C12H12ClN3. The number of anilines is 2. The van der Waals surface area contributed by atoms with E-state index in [1.54, 1.807) is 12.3 Å². The van der Waals surface area contributed by atoms with E-state index in [-0.39, 0.29) is 0 Å². The Hall–Kier alpha value is -1.74. The zero-order valence-electron chi connectivity index (χ0n) is 8.65. The first-order valence-electron chi connectivity index (χ1n) is 4.94. The number of nitrogens with one attached hydrogen (secondary N) is 1. The van der Waals surface area contributed by atoms with Gasteiger partial charge in [-0.1, -0.05) is 11.6 Å². The molecule has 0 amide bonds. The van der Waals surface area contributed by atoms with Gasteiger partial charge in [0, 0.05) is 22.6 Å². The number of hydrogen-bond acceptors (Lipinski definition) is 3. The second-order valence-corrected chi connectivity index (χ2v) is 3.88. The number of nitrogen functional groups attached to an aromatic ring is 1. The maximum absolute atomic E-state index is 5.79. The lowest BCUT2D eigenvalue weighted by Gasteiger charge is -2.06. The number of aromatic nitrogens is 1. The van der Waals surface area contributed by atoms with E-state index in [1.807, 2.05) is 30.3 Å². The number of benzene rings is 1. The molecule has 0 aliphatic carbocycles. The van der Waals surface area contributed by atoms with Gasteiger partial charge in [0.2, 0.25) is 0 Å². The Morgan fingerprint density at radius 3 is 2.62 bits per heavy atom. The summed E-state index contributed by atoms with van der Waals surface area (Å²) < 4.78 is 0. The van der Waals surface area contributed by atoms with Crippen LogP contribution < -0.4 is 11.1 Å². The monoisotopic (exact) mass is 233 g/mol. The van der Waals surface area contributed by atoms with Crippen molar-refractivity contribution in [2.24, 2.45) is 0 Å². The molecule has 0 unspecified atom stereocenters. The minimum Gasteiger partial charge on any atom is -0.399 e. The molecule has 1 aromatic carbocycles. The van der Waals surface area contributed by atoms with Crippen molar-refractivity contribution in [3.8, 4) is 0 Å². The van der Waals surface area contributed by atoms with Crippen LogP contribution in [0.4, 0.5) is 11.4 Å². The smallest absolute Gasteiger partial charge is 0.0615 e. The van der Waals surface area contributed by atoms with Gasteiger partial charge in [-0.15, -0.1) is 0 Å². The van der Waals surface area contributed by atoms with E-state index in [0.29, 0.717) is 6.54 Å². The Balaban J connectivity index is 1.99. The van der Waals surface area contributed by atoms with Crippen LogP contribution >= 0.6 is 11.6 Å². The van der Waals surface area contributed by atoms with Crippen LogP contribution in [-0.4, -0.2) is 4.98 Å². The first-order chi connectivity index (χ1) is 7.74. The van der Waals surface area contributed by atoms with E-state index in [0.717, 1.165) is 22.1 Å². The lowest BCUT2D eigenvalue weighted by molar-refractivity contribution is 1.05. The average Bonchev–Trinajstić information content (AvgIpc) is 2.28. The Morgan fingerprint density at radius 1 is 1.19 bits per heavy atom. The molecule has 0 saturated carbocycles. The van der Waals surface area contributed by atoms with Crippen LogP contribution in [0.15, 0.2) is 42.6 Å². The van der Waals surface area contributed by atoms with Crippen molar-refractivity contribution in [2.75, 3.05) is 11.1 Å². The zero-order valence-corrected chi connectivity index (χ0v) is 9.41. The minimum atomic E-state index is 0.646. The second-order valence-electron chi connectivity index (χ2n) is 3.44. The molecule has 0 radical (unpaired) electrons. The van der Waals surface area contributed by atoms with Crippen molar-refractivity contribution in [1.82, 2.24) is 4.98 Å². The molecule has 0 atom stereocenters. The standard InChI is InChI=1S/C12H12ClN3/c13-9-1-3-11(4-2-9)16-8-12-7-10(14)5-6-15-12/h1-7,16H,8H2,(H2,14,15). The first kappa shape index (κ1) is 10.8. The topological polar surface area (TPSA) is 50.9 Å². The Morgan fingerprint density at radius 2 is 1.94 bits per heavy atom. The van der Waals surface area contributed by atoms with E-state index in [4.69, 9.17) is 17.3 Å². The summed E-state index contributed by atoms with van der Waals surface area (Å²) in [6, 6.07) is 11.2. The fourth-order valence-corrected chi connectivity index (χ4v) is 1.48. The molecule has 1 aromatic heterocycles. The van der Waals surface area contributed by atoms with Gasteiger partial charge in [0.05, 0.1) is 12.2 Å². The quantitative estimate of drug-likeness (QED) is 0.857. The summed E-state index contributed by atoms with van der Waals surface area (Å²) >= 11 is 5.79. The number of rotatable bonds is 3. The number of hydrogen-bond donors (Lipinski definition) is 2. The Labute approximate surface area is 99.3 Å². The highest BCUT2D eigenvalue weighted by Crippen LogP contribution is 2.14. The van der Waals surface area contributed by atoms with Crippen LogP contribution in [0.25, 0.3) is 0 Å². The molecule has 4 heteroatoms. The number of halogens is 1. The molecule has 1 heterocycles. The normalized spacial score (nSPS) is 10.1.